The van der Waals surface area contributed by atoms with E-state index in [0.29, 0.717) is 0 Å². The maximum atomic E-state index is 4.91. The Balaban J connectivity index is 1.25. The predicted molar refractivity (Wildman–Crippen MR) is 130 cm³/mol. The number of rotatable bonds is 4. The van der Waals surface area contributed by atoms with Gasteiger partial charge in [-0.25, -0.2) is 15.0 Å². The molecule has 0 bridgehead atoms. The van der Waals surface area contributed by atoms with Gasteiger partial charge in [0, 0.05) is 56.1 Å². The number of hydrogen-bond donors (Lipinski definition) is 0. The monoisotopic (exact) mass is 440 g/mol. The standard InChI is InChI=1S/C25H24N6S/c1-18-26-24(23-21(17-32-25(23)27-18)19-7-3-2-4-8-19)30-13-11-29(12-14-30)15-20-16-31-10-6-5-9-22(31)28-20/h2-10,16-17H,11-15H2,1H3. The Bertz CT molecular complexity index is 1350. The van der Waals surface area contributed by atoms with Crippen LogP contribution in [0.3, 0.4) is 0 Å². The SMILES string of the molecule is Cc1nc(N2CCN(Cc3cn4ccccc4n3)CC2)c2c(-c3ccccc3)csc2n1. The molecule has 1 aliphatic rings. The van der Waals surface area contributed by atoms with Gasteiger partial charge in [0.1, 0.15) is 22.1 Å². The second-order valence-electron chi connectivity index (χ2n) is 8.25. The number of pyridine rings is 1. The third-order valence-corrected chi connectivity index (χ3v) is 6.95. The normalized spacial score (nSPS) is 15.1. The van der Waals surface area contributed by atoms with Crippen LogP contribution in [-0.2, 0) is 6.54 Å². The third-order valence-electron chi connectivity index (χ3n) is 6.08. The Kier molecular flexibility index (Phi) is 4.85. The first-order valence-corrected chi connectivity index (χ1v) is 11.8. The van der Waals surface area contributed by atoms with Gasteiger partial charge in [-0.15, -0.1) is 11.3 Å². The Labute approximate surface area is 190 Å². The molecule has 5 aromatic rings. The van der Waals surface area contributed by atoms with Gasteiger partial charge in [-0.1, -0.05) is 36.4 Å². The maximum absolute atomic E-state index is 4.91. The molecular weight excluding hydrogens is 416 g/mol. The van der Waals surface area contributed by atoms with Crippen molar-refractivity contribution in [3.05, 3.63) is 77.8 Å². The molecule has 1 saturated heterocycles. The molecule has 0 unspecified atom stereocenters. The Morgan fingerprint density at radius 2 is 1.72 bits per heavy atom. The van der Waals surface area contributed by atoms with Crippen molar-refractivity contribution in [2.45, 2.75) is 13.5 Å². The zero-order valence-corrected chi connectivity index (χ0v) is 18.8. The predicted octanol–water partition coefficient (Wildman–Crippen LogP) is 4.64. The molecule has 1 aliphatic heterocycles. The molecule has 7 heteroatoms. The second kappa shape index (κ2) is 8.00. The highest BCUT2D eigenvalue weighted by molar-refractivity contribution is 7.17. The molecule has 4 aromatic heterocycles. The van der Waals surface area contributed by atoms with Crippen LogP contribution in [-0.4, -0.2) is 50.4 Å². The fraction of sp³-hybridized carbons (Fsp3) is 0.240. The Morgan fingerprint density at radius 1 is 0.906 bits per heavy atom. The number of aromatic nitrogens is 4. The van der Waals surface area contributed by atoms with Crippen LogP contribution < -0.4 is 4.90 Å². The topological polar surface area (TPSA) is 49.6 Å². The summed E-state index contributed by atoms with van der Waals surface area (Å²) in [5.74, 6) is 1.90. The number of fused-ring (bicyclic) bond motifs is 2. The van der Waals surface area contributed by atoms with Crippen LogP contribution in [0, 0.1) is 6.92 Å². The zero-order chi connectivity index (χ0) is 21.5. The van der Waals surface area contributed by atoms with Gasteiger partial charge in [0.05, 0.1) is 11.1 Å². The van der Waals surface area contributed by atoms with E-state index in [2.05, 4.69) is 68.4 Å². The lowest BCUT2D eigenvalue weighted by molar-refractivity contribution is 0.247. The van der Waals surface area contributed by atoms with Crippen molar-refractivity contribution in [3.63, 3.8) is 0 Å². The molecule has 5 heterocycles. The quantitative estimate of drug-likeness (QED) is 0.408. The number of piperazine rings is 1. The summed E-state index contributed by atoms with van der Waals surface area (Å²) in [4.78, 5) is 20.4. The van der Waals surface area contributed by atoms with E-state index in [1.807, 2.05) is 19.1 Å². The third kappa shape index (κ3) is 3.53. The number of imidazole rings is 1. The number of benzene rings is 1. The molecule has 1 aromatic carbocycles. The van der Waals surface area contributed by atoms with Crippen LogP contribution in [0.15, 0.2) is 66.3 Å². The molecule has 0 spiro atoms. The van der Waals surface area contributed by atoms with E-state index in [-0.39, 0.29) is 0 Å². The summed E-state index contributed by atoms with van der Waals surface area (Å²) in [6.07, 6.45) is 4.19. The van der Waals surface area contributed by atoms with Gasteiger partial charge in [0.25, 0.3) is 0 Å². The molecule has 6 rings (SSSR count). The summed E-state index contributed by atoms with van der Waals surface area (Å²) in [5, 5.41) is 3.40. The first-order valence-electron chi connectivity index (χ1n) is 11.0. The Hall–Kier alpha value is -3.29. The summed E-state index contributed by atoms with van der Waals surface area (Å²) in [5.41, 5.74) is 4.57. The molecule has 0 N–H and O–H groups in total. The van der Waals surface area contributed by atoms with Crippen LogP contribution in [0.2, 0.25) is 0 Å². The Morgan fingerprint density at radius 3 is 2.53 bits per heavy atom. The van der Waals surface area contributed by atoms with Crippen molar-refractivity contribution in [2.75, 3.05) is 31.1 Å². The summed E-state index contributed by atoms with van der Waals surface area (Å²) < 4.78 is 2.09. The average Bonchev–Trinajstić information content (AvgIpc) is 3.43. The fourth-order valence-corrected chi connectivity index (χ4v) is 5.48. The van der Waals surface area contributed by atoms with Crippen molar-refractivity contribution in [2.24, 2.45) is 0 Å². The first kappa shape index (κ1) is 19.4. The van der Waals surface area contributed by atoms with Crippen molar-refractivity contribution >= 4 is 33.0 Å². The molecule has 0 radical (unpaired) electrons. The minimum atomic E-state index is 0.834. The van der Waals surface area contributed by atoms with Gasteiger partial charge < -0.3 is 9.30 Å². The second-order valence-corrected chi connectivity index (χ2v) is 9.11. The van der Waals surface area contributed by atoms with E-state index in [9.17, 15) is 0 Å². The lowest BCUT2D eigenvalue weighted by Gasteiger charge is -2.35. The number of nitrogens with zero attached hydrogens (tertiary/aromatic N) is 6. The molecule has 0 amide bonds. The van der Waals surface area contributed by atoms with Crippen LogP contribution in [0.5, 0.6) is 0 Å². The molecule has 32 heavy (non-hydrogen) atoms. The average molecular weight is 441 g/mol. The smallest absolute Gasteiger partial charge is 0.141 e. The molecule has 0 saturated carbocycles. The minimum Gasteiger partial charge on any atom is -0.353 e. The summed E-state index contributed by atoms with van der Waals surface area (Å²) >= 11 is 1.71. The van der Waals surface area contributed by atoms with Crippen LogP contribution >= 0.6 is 11.3 Å². The van der Waals surface area contributed by atoms with E-state index in [1.165, 1.54) is 16.5 Å². The van der Waals surface area contributed by atoms with Gasteiger partial charge in [-0.2, -0.15) is 0 Å². The molecular formula is C25H24N6S. The largest absolute Gasteiger partial charge is 0.353 e. The molecule has 0 atom stereocenters. The van der Waals surface area contributed by atoms with Crippen molar-refractivity contribution in [1.82, 2.24) is 24.3 Å². The molecule has 0 aliphatic carbocycles. The molecule has 1 fully saturated rings. The summed E-state index contributed by atoms with van der Waals surface area (Å²) in [6, 6.07) is 16.7. The number of hydrogen-bond acceptors (Lipinski definition) is 6. The minimum absolute atomic E-state index is 0.834. The van der Waals surface area contributed by atoms with E-state index in [0.717, 1.165) is 60.5 Å². The van der Waals surface area contributed by atoms with E-state index >= 15 is 0 Å². The highest BCUT2D eigenvalue weighted by Gasteiger charge is 2.23. The summed E-state index contributed by atoms with van der Waals surface area (Å²) in [7, 11) is 0. The highest BCUT2D eigenvalue weighted by atomic mass is 32.1. The van der Waals surface area contributed by atoms with Gasteiger partial charge in [-0.05, 0) is 24.6 Å². The van der Waals surface area contributed by atoms with E-state index in [1.54, 1.807) is 11.3 Å². The van der Waals surface area contributed by atoms with E-state index < -0.39 is 0 Å². The fourth-order valence-electron chi connectivity index (χ4n) is 4.50. The summed E-state index contributed by atoms with van der Waals surface area (Å²) in [6.45, 7) is 6.74. The van der Waals surface area contributed by atoms with Crippen LogP contribution in [0.4, 0.5) is 5.82 Å². The van der Waals surface area contributed by atoms with Crippen molar-refractivity contribution in [1.29, 1.82) is 0 Å². The number of thiophene rings is 1. The zero-order valence-electron chi connectivity index (χ0n) is 18.0. The maximum Gasteiger partial charge on any atom is 0.141 e. The number of aryl methyl sites for hydroxylation is 1. The van der Waals surface area contributed by atoms with E-state index in [4.69, 9.17) is 15.0 Å². The molecule has 6 nitrogen and oxygen atoms in total. The lowest BCUT2D eigenvalue weighted by Crippen LogP contribution is -2.46. The highest BCUT2D eigenvalue weighted by Crippen LogP contribution is 2.38. The number of anilines is 1. The van der Waals surface area contributed by atoms with Crippen molar-refractivity contribution < 1.29 is 0 Å². The van der Waals surface area contributed by atoms with Gasteiger partial charge in [0.15, 0.2) is 0 Å². The van der Waals surface area contributed by atoms with Crippen LogP contribution in [0.1, 0.15) is 11.5 Å². The van der Waals surface area contributed by atoms with Gasteiger partial charge in [0.2, 0.25) is 0 Å². The van der Waals surface area contributed by atoms with Gasteiger partial charge in [-0.3, -0.25) is 4.90 Å². The van der Waals surface area contributed by atoms with Gasteiger partial charge >= 0.3 is 0 Å². The first-order chi connectivity index (χ1) is 15.7. The van der Waals surface area contributed by atoms with Crippen molar-refractivity contribution in [3.8, 4) is 11.1 Å². The lowest BCUT2D eigenvalue weighted by atomic mass is 10.1. The molecule has 160 valence electrons. The van der Waals surface area contributed by atoms with Crippen LogP contribution in [0.25, 0.3) is 27.0 Å².